The Kier molecular flexibility index (Phi) is 4.68. The summed E-state index contributed by atoms with van der Waals surface area (Å²) in [5.74, 6) is -0.200. The van der Waals surface area contributed by atoms with Gasteiger partial charge in [-0.15, -0.1) is 0 Å². The molecule has 0 unspecified atom stereocenters. The molecule has 0 radical (unpaired) electrons. The topological polar surface area (TPSA) is 76.8 Å². The molecule has 1 aromatic heterocycles. The Balaban J connectivity index is 2.33. The van der Waals surface area contributed by atoms with Crippen molar-refractivity contribution in [3.05, 3.63) is 42.0 Å². The van der Waals surface area contributed by atoms with Crippen molar-refractivity contribution in [2.24, 2.45) is 5.16 Å². The molecular weight excluding hydrogens is 315 g/mol. The molecule has 0 bridgehead atoms. The summed E-state index contributed by atoms with van der Waals surface area (Å²) in [7, 11) is 1.27. The zero-order valence-corrected chi connectivity index (χ0v) is 12.1. The van der Waals surface area contributed by atoms with Crippen LogP contribution in [-0.2, 0) is 6.18 Å². The molecule has 0 amide bonds. The average molecular weight is 327 g/mol. The Morgan fingerprint density at radius 1 is 1.17 bits per heavy atom. The summed E-state index contributed by atoms with van der Waals surface area (Å²) in [6.07, 6.45) is -2.24. The van der Waals surface area contributed by atoms with Crippen molar-refractivity contribution in [3.63, 3.8) is 0 Å². The van der Waals surface area contributed by atoms with E-state index in [-0.39, 0.29) is 23.0 Å². The minimum absolute atomic E-state index is 0.00940. The number of benzene rings is 1. The van der Waals surface area contributed by atoms with Crippen LogP contribution in [0.4, 0.5) is 13.2 Å². The van der Waals surface area contributed by atoms with Crippen LogP contribution in [0.15, 0.2) is 35.7 Å². The fourth-order valence-corrected chi connectivity index (χ4v) is 1.67. The van der Waals surface area contributed by atoms with Crippen LogP contribution in [-0.4, -0.2) is 28.0 Å². The molecule has 2 aromatic rings. The normalized spacial score (nSPS) is 12.1. The van der Waals surface area contributed by atoms with E-state index in [1.54, 1.807) is 0 Å². The van der Waals surface area contributed by atoms with E-state index in [0.29, 0.717) is 0 Å². The minimum Gasteiger partial charge on any atom is -0.497 e. The Hall–Kier alpha value is -2.84. The van der Waals surface area contributed by atoms with Gasteiger partial charge in [-0.05, 0) is 25.1 Å². The number of halogens is 3. The van der Waals surface area contributed by atoms with Crippen molar-refractivity contribution in [1.82, 2.24) is 9.97 Å². The molecule has 0 aliphatic rings. The highest BCUT2D eigenvalue weighted by Crippen LogP contribution is 2.39. The summed E-state index contributed by atoms with van der Waals surface area (Å²) >= 11 is 0. The van der Waals surface area contributed by atoms with Gasteiger partial charge in [-0.2, -0.15) is 13.2 Å². The van der Waals surface area contributed by atoms with Crippen LogP contribution >= 0.6 is 0 Å². The number of aromatic nitrogens is 2. The number of ether oxygens (including phenoxy) is 2. The van der Waals surface area contributed by atoms with Gasteiger partial charge in [-0.3, -0.25) is 0 Å². The third kappa shape index (κ3) is 3.87. The predicted octanol–water partition coefficient (Wildman–Crippen LogP) is 3.49. The van der Waals surface area contributed by atoms with Crippen molar-refractivity contribution >= 4 is 5.71 Å². The van der Waals surface area contributed by atoms with E-state index in [1.165, 1.54) is 32.5 Å². The summed E-state index contributed by atoms with van der Waals surface area (Å²) in [5.41, 5.74) is -0.814. The maximum Gasteiger partial charge on any atom is 0.420 e. The van der Waals surface area contributed by atoms with Crippen molar-refractivity contribution in [2.75, 3.05) is 7.11 Å². The smallest absolute Gasteiger partial charge is 0.420 e. The molecule has 6 nitrogen and oxygen atoms in total. The van der Waals surface area contributed by atoms with Crippen LogP contribution in [0.2, 0.25) is 0 Å². The lowest BCUT2D eigenvalue weighted by Crippen LogP contribution is -2.08. The molecule has 0 saturated carbocycles. The van der Waals surface area contributed by atoms with E-state index in [2.05, 4.69) is 15.1 Å². The van der Waals surface area contributed by atoms with Crippen LogP contribution < -0.4 is 9.47 Å². The Bertz CT molecular complexity index is 715. The Morgan fingerprint density at radius 3 is 2.35 bits per heavy atom. The molecule has 1 heterocycles. The van der Waals surface area contributed by atoms with E-state index in [0.717, 1.165) is 12.1 Å². The molecule has 9 heteroatoms. The zero-order chi connectivity index (χ0) is 17.0. The molecule has 23 heavy (non-hydrogen) atoms. The number of methoxy groups -OCH3 is 1. The van der Waals surface area contributed by atoms with Gasteiger partial charge in [0.1, 0.15) is 22.8 Å². The first-order chi connectivity index (χ1) is 10.8. The molecule has 0 fully saturated rings. The molecule has 1 N–H and O–H groups in total. The van der Waals surface area contributed by atoms with Crippen molar-refractivity contribution in [3.8, 4) is 17.2 Å². The number of oxime groups is 1. The van der Waals surface area contributed by atoms with E-state index >= 15 is 0 Å². The largest absolute Gasteiger partial charge is 0.497 e. The van der Waals surface area contributed by atoms with Gasteiger partial charge in [0.15, 0.2) is 11.6 Å². The van der Waals surface area contributed by atoms with Crippen LogP contribution in [0, 0.1) is 0 Å². The molecule has 1 aromatic carbocycles. The molecule has 0 atom stereocenters. The molecule has 0 saturated heterocycles. The van der Waals surface area contributed by atoms with Crippen molar-refractivity contribution in [2.45, 2.75) is 13.1 Å². The lowest BCUT2D eigenvalue weighted by molar-refractivity contribution is -0.138. The minimum atomic E-state index is -4.61. The quantitative estimate of drug-likeness (QED) is 0.528. The highest BCUT2D eigenvalue weighted by Gasteiger charge is 2.35. The Morgan fingerprint density at radius 2 is 1.83 bits per heavy atom. The van der Waals surface area contributed by atoms with Crippen molar-refractivity contribution in [1.29, 1.82) is 0 Å². The maximum absolute atomic E-state index is 13.1. The van der Waals surface area contributed by atoms with E-state index in [4.69, 9.17) is 14.7 Å². The molecular formula is C14H12F3N3O3. The number of alkyl halides is 3. The fourth-order valence-electron chi connectivity index (χ4n) is 1.67. The number of rotatable bonds is 4. The van der Waals surface area contributed by atoms with E-state index in [1.807, 2.05) is 0 Å². The second-order valence-corrected chi connectivity index (χ2v) is 4.39. The van der Waals surface area contributed by atoms with Gasteiger partial charge in [-0.1, -0.05) is 5.16 Å². The molecule has 122 valence electrons. The Labute approximate surface area is 129 Å². The maximum atomic E-state index is 13.1. The number of hydrogen-bond donors (Lipinski definition) is 1. The first kappa shape index (κ1) is 16.5. The predicted molar refractivity (Wildman–Crippen MR) is 74.1 cm³/mol. The van der Waals surface area contributed by atoms with E-state index in [9.17, 15) is 13.2 Å². The molecule has 2 rings (SSSR count). The van der Waals surface area contributed by atoms with Gasteiger partial charge < -0.3 is 14.7 Å². The van der Waals surface area contributed by atoms with Crippen LogP contribution in [0.5, 0.6) is 17.2 Å². The summed E-state index contributed by atoms with van der Waals surface area (Å²) in [4.78, 5) is 7.68. The van der Waals surface area contributed by atoms with Gasteiger partial charge in [0, 0.05) is 0 Å². The van der Waals surface area contributed by atoms with Gasteiger partial charge in [0.25, 0.3) is 0 Å². The molecule has 0 spiro atoms. The van der Waals surface area contributed by atoms with Crippen LogP contribution in [0.25, 0.3) is 0 Å². The lowest BCUT2D eigenvalue weighted by atomic mass is 10.2. The van der Waals surface area contributed by atoms with Gasteiger partial charge in [0.2, 0.25) is 0 Å². The number of nitrogens with zero attached hydrogens (tertiary/aromatic N) is 3. The summed E-state index contributed by atoms with van der Waals surface area (Å²) in [5, 5.41) is 11.5. The lowest BCUT2D eigenvalue weighted by Gasteiger charge is -2.14. The van der Waals surface area contributed by atoms with Crippen molar-refractivity contribution < 1.29 is 27.9 Å². The van der Waals surface area contributed by atoms with Crippen LogP contribution in [0.3, 0.4) is 0 Å². The monoisotopic (exact) mass is 327 g/mol. The SMILES string of the molecule is COc1ccc(Oc2cnc(/C(C)=N/O)nc2)c(C(F)(F)F)c1. The first-order valence-corrected chi connectivity index (χ1v) is 6.29. The highest BCUT2D eigenvalue weighted by atomic mass is 19.4. The third-order valence-corrected chi connectivity index (χ3v) is 2.82. The van der Waals surface area contributed by atoms with Gasteiger partial charge in [-0.25, -0.2) is 9.97 Å². The summed E-state index contributed by atoms with van der Waals surface area (Å²) in [6.45, 7) is 1.47. The van der Waals surface area contributed by atoms with Crippen LogP contribution in [0.1, 0.15) is 18.3 Å². The summed E-state index contributed by atoms with van der Waals surface area (Å²) < 4.78 is 49.2. The fraction of sp³-hybridized carbons (Fsp3) is 0.214. The number of hydrogen-bond acceptors (Lipinski definition) is 6. The molecule has 0 aliphatic carbocycles. The van der Waals surface area contributed by atoms with Gasteiger partial charge in [0.05, 0.1) is 19.5 Å². The summed E-state index contributed by atoms with van der Waals surface area (Å²) in [6, 6.07) is 3.34. The average Bonchev–Trinajstić information content (AvgIpc) is 2.54. The molecule has 0 aliphatic heterocycles. The standard InChI is InChI=1S/C14H12F3N3O3/c1-8(20-21)13-18-6-10(7-19-13)23-12-4-3-9(22-2)5-11(12)14(15,16)17/h3-7,21H,1-2H3/b20-8+. The first-order valence-electron chi connectivity index (χ1n) is 6.29. The van der Waals surface area contributed by atoms with Gasteiger partial charge >= 0.3 is 6.18 Å². The second kappa shape index (κ2) is 6.51. The third-order valence-electron chi connectivity index (χ3n) is 2.82. The zero-order valence-electron chi connectivity index (χ0n) is 12.1. The van der Waals surface area contributed by atoms with E-state index < -0.39 is 17.5 Å². The highest BCUT2D eigenvalue weighted by molar-refractivity contribution is 5.94. The second-order valence-electron chi connectivity index (χ2n) is 4.39.